The van der Waals surface area contributed by atoms with Crippen LogP contribution in [0.3, 0.4) is 0 Å². The second kappa shape index (κ2) is 6.79. The summed E-state index contributed by atoms with van der Waals surface area (Å²) >= 11 is 0. The van der Waals surface area contributed by atoms with Gasteiger partial charge in [-0.2, -0.15) is 0 Å². The molecule has 3 heterocycles. The molecule has 2 N–H and O–H groups in total. The van der Waals surface area contributed by atoms with Crippen LogP contribution < -0.4 is 17.0 Å². The summed E-state index contributed by atoms with van der Waals surface area (Å²) in [5.41, 5.74) is 7.84. The van der Waals surface area contributed by atoms with Gasteiger partial charge in [0.2, 0.25) is 0 Å². The van der Waals surface area contributed by atoms with Crippen molar-refractivity contribution in [2.75, 3.05) is 19.6 Å². The number of nitrogens with zero attached hydrogens (tertiary/aromatic N) is 5. The van der Waals surface area contributed by atoms with Crippen LogP contribution in [0.2, 0.25) is 0 Å². The molecule has 0 radical (unpaired) electrons. The first kappa shape index (κ1) is 17.7. The summed E-state index contributed by atoms with van der Waals surface area (Å²) in [5, 5.41) is 0. The number of aromatic nitrogens is 4. The number of likely N-dealkylation sites (tertiary alicyclic amines) is 1. The zero-order chi connectivity index (χ0) is 19.1. The van der Waals surface area contributed by atoms with Crippen LogP contribution in [0.1, 0.15) is 11.5 Å². The van der Waals surface area contributed by atoms with Gasteiger partial charge in [-0.1, -0.05) is 30.3 Å². The lowest BCUT2D eigenvalue weighted by molar-refractivity contribution is 0.317. The van der Waals surface area contributed by atoms with Gasteiger partial charge >= 0.3 is 5.69 Å². The van der Waals surface area contributed by atoms with Crippen LogP contribution in [0.5, 0.6) is 0 Å². The molecule has 0 unspecified atom stereocenters. The molecule has 1 aliphatic heterocycles. The van der Waals surface area contributed by atoms with Gasteiger partial charge in [0.05, 0.1) is 6.33 Å². The topological polar surface area (TPSA) is 91.1 Å². The molecule has 3 aromatic rings. The minimum atomic E-state index is -0.367. The second-order valence-corrected chi connectivity index (χ2v) is 7.26. The molecule has 2 aromatic heterocycles. The summed E-state index contributed by atoms with van der Waals surface area (Å²) in [4.78, 5) is 31.2. The Morgan fingerprint density at radius 3 is 2.56 bits per heavy atom. The number of aryl methyl sites for hydroxylation is 1. The van der Waals surface area contributed by atoms with E-state index in [9.17, 15) is 9.59 Å². The van der Waals surface area contributed by atoms with E-state index in [1.807, 2.05) is 22.8 Å². The lowest BCUT2D eigenvalue weighted by Crippen LogP contribution is -2.38. The third-order valence-electron chi connectivity index (χ3n) is 5.54. The van der Waals surface area contributed by atoms with Crippen LogP contribution in [0.15, 0.2) is 46.2 Å². The maximum absolute atomic E-state index is 12.5. The summed E-state index contributed by atoms with van der Waals surface area (Å²) in [6.45, 7) is 3.11. The summed E-state index contributed by atoms with van der Waals surface area (Å²) < 4.78 is 4.36. The highest BCUT2D eigenvalue weighted by Crippen LogP contribution is 2.26. The first-order valence-electron chi connectivity index (χ1n) is 9.11. The van der Waals surface area contributed by atoms with Crippen molar-refractivity contribution in [3.63, 3.8) is 0 Å². The number of nitrogens with two attached hydrogens (primary N) is 1. The van der Waals surface area contributed by atoms with E-state index in [0.29, 0.717) is 23.6 Å². The number of benzene rings is 1. The van der Waals surface area contributed by atoms with Gasteiger partial charge in [-0.3, -0.25) is 18.8 Å². The molecule has 0 spiro atoms. The van der Waals surface area contributed by atoms with E-state index in [1.54, 1.807) is 13.4 Å². The van der Waals surface area contributed by atoms with Crippen LogP contribution in [0.4, 0.5) is 0 Å². The third kappa shape index (κ3) is 3.00. The first-order valence-corrected chi connectivity index (χ1v) is 9.11. The van der Waals surface area contributed by atoms with Crippen LogP contribution in [-0.4, -0.2) is 49.3 Å². The standard InChI is InChI=1S/C19H24N6O2/c1-22-17-16(18(26)23(2)19(22)27)25(12-21-17)9-8-24-10-14(15(20)11-24)13-6-4-3-5-7-13/h3-7,12,14-15H,8-11,20H2,1-2H3/t14-,15+/m0/s1. The Balaban J connectivity index is 1.53. The van der Waals surface area contributed by atoms with Crippen LogP contribution in [0, 0.1) is 0 Å². The summed E-state index contributed by atoms with van der Waals surface area (Å²) in [7, 11) is 3.12. The summed E-state index contributed by atoms with van der Waals surface area (Å²) in [6, 6.07) is 10.5. The normalized spacial score (nSPS) is 20.6. The van der Waals surface area contributed by atoms with Crippen LogP contribution in [-0.2, 0) is 20.6 Å². The van der Waals surface area contributed by atoms with E-state index in [2.05, 4.69) is 22.0 Å². The Morgan fingerprint density at radius 2 is 1.81 bits per heavy atom. The average molecular weight is 368 g/mol. The van der Waals surface area contributed by atoms with Gasteiger partial charge in [-0.05, 0) is 5.56 Å². The number of hydrogen-bond donors (Lipinski definition) is 1. The highest BCUT2D eigenvalue weighted by molar-refractivity contribution is 5.69. The molecule has 4 rings (SSSR count). The predicted octanol–water partition coefficient (Wildman–Crippen LogP) is -0.140. The SMILES string of the molecule is Cn1c(=O)c2c(ncn2CCN2C[C@@H](N)[C@H](c3ccccc3)C2)n(C)c1=O. The van der Waals surface area contributed by atoms with Crippen molar-refractivity contribution in [1.82, 2.24) is 23.6 Å². The molecule has 0 saturated carbocycles. The summed E-state index contributed by atoms with van der Waals surface area (Å²) in [6.07, 6.45) is 1.64. The molecule has 0 aliphatic carbocycles. The van der Waals surface area contributed by atoms with Crippen molar-refractivity contribution in [3.05, 3.63) is 63.1 Å². The molecule has 0 bridgehead atoms. The molecular weight excluding hydrogens is 344 g/mol. The highest BCUT2D eigenvalue weighted by Gasteiger charge is 2.30. The van der Waals surface area contributed by atoms with Crippen molar-refractivity contribution < 1.29 is 0 Å². The quantitative estimate of drug-likeness (QED) is 0.692. The van der Waals surface area contributed by atoms with Gasteiger partial charge in [0.15, 0.2) is 11.2 Å². The monoisotopic (exact) mass is 368 g/mol. The van der Waals surface area contributed by atoms with Gasteiger partial charge in [0, 0.05) is 52.2 Å². The van der Waals surface area contributed by atoms with Gasteiger partial charge in [-0.25, -0.2) is 9.78 Å². The smallest absolute Gasteiger partial charge is 0.326 e. The maximum Gasteiger partial charge on any atom is 0.332 e. The van der Waals surface area contributed by atoms with E-state index in [-0.39, 0.29) is 17.3 Å². The molecule has 0 amide bonds. The van der Waals surface area contributed by atoms with E-state index >= 15 is 0 Å². The van der Waals surface area contributed by atoms with Crippen LogP contribution in [0.25, 0.3) is 11.2 Å². The van der Waals surface area contributed by atoms with Gasteiger partial charge in [-0.15, -0.1) is 0 Å². The van der Waals surface area contributed by atoms with E-state index < -0.39 is 0 Å². The molecular formula is C19H24N6O2. The second-order valence-electron chi connectivity index (χ2n) is 7.26. The third-order valence-corrected chi connectivity index (χ3v) is 5.54. The van der Waals surface area contributed by atoms with Crippen molar-refractivity contribution >= 4 is 11.2 Å². The number of fused-ring (bicyclic) bond motifs is 1. The Bertz CT molecular complexity index is 1080. The number of hydrogen-bond acceptors (Lipinski definition) is 5. The van der Waals surface area contributed by atoms with Gasteiger partial charge < -0.3 is 10.3 Å². The van der Waals surface area contributed by atoms with Crippen molar-refractivity contribution in [2.24, 2.45) is 19.8 Å². The molecule has 8 heteroatoms. The molecule has 1 aromatic carbocycles. The average Bonchev–Trinajstić information content (AvgIpc) is 3.27. The molecule has 1 fully saturated rings. The largest absolute Gasteiger partial charge is 0.332 e. The van der Waals surface area contributed by atoms with E-state index in [0.717, 1.165) is 24.2 Å². The fraction of sp³-hybridized carbons (Fsp3) is 0.421. The fourth-order valence-corrected chi connectivity index (χ4v) is 3.96. The lowest BCUT2D eigenvalue weighted by Gasteiger charge is -2.16. The van der Waals surface area contributed by atoms with Crippen molar-refractivity contribution in [3.8, 4) is 0 Å². The molecule has 27 heavy (non-hydrogen) atoms. The molecule has 1 aliphatic rings. The van der Waals surface area contributed by atoms with Crippen LogP contribution >= 0.6 is 0 Å². The molecule has 2 atom stereocenters. The van der Waals surface area contributed by atoms with Crippen molar-refractivity contribution in [1.29, 1.82) is 0 Å². The molecule has 1 saturated heterocycles. The highest BCUT2D eigenvalue weighted by atomic mass is 16.2. The molecule has 142 valence electrons. The fourth-order valence-electron chi connectivity index (χ4n) is 3.96. The zero-order valence-corrected chi connectivity index (χ0v) is 15.6. The number of rotatable bonds is 4. The first-order chi connectivity index (χ1) is 13.0. The Labute approximate surface area is 156 Å². The maximum atomic E-state index is 12.5. The van der Waals surface area contributed by atoms with E-state index in [1.165, 1.54) is 17.2 Å². The molecule has 8 nitrogen and oxygen atoms in total. The minimum absolute atomic E-state index is 0.0978. The Hall–Kier alpha value is -2.71. The minimum Gasteiger partial charge on any atom is -0.326 e. The number of imidazole rings is 1. The zero-order valence-electron chi connectivity index (χ0n) is 15.6. The Kier molecular flexibility index (Phi) is 4.45. The van der Waals surface area contributed by atoms with Gasteiger partial charge in [0.25, 0.3) is 5.56 Å². The summed E-state index contributed by atoms with van der Waals surface area (Å²) in [5.74, 6) is 0.319. The lowest BCUT2D eigenvalue weighted by atomic mass is 9.95. The van der Waals surface area contributed by atoms with Gasteiger partial charge in [0.1, 0.15) is 0 Å². The predicted molar refractivity (Wildman–Crippen MR) is 104 cm³/mol. The Morgan fingerprint density at radius 1 is 1.07 bits per heavy atom. The van der Waals surface area contributed by atoms with E-state index in [4.69, 9.17) is 5.73 Å². The van der Waals surface area contributed by atoms with Crippen molar-refractivity contribution in [2.45, 2.75) is 18.5 Å².